The van der Waals surface area contributed by atoms with E-state index in [4.69, 9.17) is 38.9 Å². The van der Waals surface area contributed by atoms with Crippen molar-refractivity contribution < 1.29 is 5.11 Å². The molecule has 4 rings (SSSR count). The minimum Gasteiger partial charge on any atom is -0.390 e. The highest BCUT2D eigenvalue weighted by molar-refractivity contribution is 6.43. The molecule has 2 unspecified atom stereocenters. The Kier molecular flexibility index (Phi) is 5.53. The number of piperidine rings is 1. The first kappa shape index (κ1) is 19.9. The van der Waals surface area contributed by atoms with E-state index in [1.54, 1.807) is 6.07 Å². The standard InChI is InChI=1S/C21H26Cl2N4O/c1-11(24)18-13-6-7-14(18)9-27(8-13)21-17(10-28)26-20(12(2)25-21)15-4-3-5-16(22)19(15)23/h3-5,11,13-14,18,28H,6-10,24H2,1-2H3/t11-,13?,14?,18?/m1/s1. The van der Waals surface area contributed by atoms with Crippen molar-refractivity contribution >= 4 is 29.0 Å². The molecule has 1 aliphatic heterocycles. The topological polar surface area (TPSA) is 75.3 Å². The third-order valence-electron chi connectivity index (χ3n) is 6.29. The molecule has 1 saturated carbocycles. The van der Waals surface area contributed by atoms with E-state index in [-0.39, 0.29) is 12.6 Å². The van der Waals surface area contributed by atoms with Crippen molar-refractivity contribution in [2.75, 3.05) is 18.0 Å². The smallest absolute Gasteiger partial charge is 0.153 e. The predicted molar refractivity (Wildman–Crippen MR) is 114 cm³/mol. The molecule has 1 aromatic carbocycles. The highest BCUT2D eigenvalue weighted by atomic mass is 35.5. The van der Waals surface area contributed by atoms with Crippen LogP contribution in [-0.4, -0.2) is 34.2 Å². The van der Waals surface area contributed by atoms with Gasteiger partial charge in [-0.15, -0.1) is 0 Å². The number of halogens is 2. The van der Waals surface area contributed by atoms with Gasteiger partial charge in [0.25, 0.3) is 0 Å². The largest absolute Gasteiger partial charge is 0.390 e. The lowest BCUT2D eigenvalue weighted by Gasteiger charge is -2.41. The van der Waals surface area contributed by atoms with Crippen molar-refractivity contribution in [3.8, 4) is 11.3 Å². The van der Waals surface area contributed by atoms with Gasteiger partial charge in [0, 0.05) is 24.7 Å². The molecular formula is C21H26Cl2N4O. The van der Waals surface area contributed by atoms with E-state index in [2.05, 4.69) is 11.8 Å². The SMILES string of the molecule is Cc1nc(N2CC3CCC(C2)C3[C@@H](C)N)c(CO)nc1-c1cccc(Cl)c1Cl. The van der Waals surface area contributed by atoms with Gasteiger partial charge in [-0.05, 0) is 50.5 Å². The minimum absolute atomic E-state index is 0.170. The summed E-state index contributed by atoms with van der Waals surface area (Å²) in [5.41, 5.74) is 9.00. The van der Waals surface area contributed by atoms with Gasteiger partial charge in [0.05, 0.1) is 28.0 Å². The maximum Gasteiger partial charge on any atom is 0.153 e. The molecule has 2 heterocycles. The number of nitrogens with two attached hydrogens (primary N) is 1. The molecule has 28 heavy (non-hydrogen) atoms. The second-order valence-electron chi connectivity index (χ2n) is 8.13. The van der Waals surface area contributed by atoms with Crippen LogP contribution in [0.1, 0.15) is 31.2 Å². The zero-order valence-corrected chi connectivity index (χ0v) is 17.7. The maximum atomic E-state index is 10.0. The molecule has 1 aromatic heterocycles. The van der Waals surface area contributed by atoms with Gasteiger partial charge in [0.15, 0.2) is 5.82 Å². The Bertz CT molecular complexity index is 875. The molecule has 2 aliphatic rings. The van der Waals surface area contributed by atoms with Crippen molar-refractivity contribution in [3.63, 3.8) is 0 Å². The number of fused-ring (bicyclic) bond motifs is 2. The van der Waals surface area contributed by atoms with Crippen LogP contribution in [0, 0.1) is 24.7 Å². The van der Waals surface area contributed by atoms with E-state index in [1.807, 2.05) is 19.1 Å². The first-order valence-corrected chi connectivity index (χ1v) is 10.6. The van der Waals surface area contributed by atoms with Crippen LogP contribution in [0.25, 0.3) is 11.3 Å². The summed E-state index contributed by atoms with van der Waals surface area (Å²) < 4.78 is 0. The molecule has 1 aliphatic carbocycles. The van der Waals surface area contributed by atoms with E-state index in [9.17, 15) is 5.11 Å². The summed E-state index contributed by atoms with van der Waals surface area (Å²) in [6, 6.07) is 5.68. The second-order valence-corrected chi connectivity index (χ2v) is 8.91. The Morgan fingerprint density at radius 3 is 2.50 bits per heavy atom. The normalized spacial score (nSPS) is 25.2. The van der Waals surface area contributed by atoms with Gasteiger partial charge < -0.3 is 15.7 Å². The molecule has 0 spiro atoms. The zero-order chi connectivity index (χ0) is 20.0. The first-order valence-electron chi connectivity index (χ1n) is 9.84. The Balaban J connectivity index is 1.70. The number of hydrogen-bond acceptors (Lipinski definition) is 5. The van der Waals surface area contributed by atoms with Gasteiger partial charge in [-0.2, -0.15) is 0 Å². The van der Waals surface area contributed by atoms with Crippen LogP contribution in [0.15, 0.2) is 18.2 Å². The van der Waals surface area contributed by atoms with Gasteiger partial charge in [0.1, 0.15) is 5.69 Å². The predicted octanol–water partition coefficient (Wildman–Crippen LogP) is 4.06. The summed E-state index contributed by atoms with van der Waals surface area (Å²) in [4.78, 5) is 11.9. The van der Waals surface area contributed by atoms with E-state index in [0.717, 1.165) is 30.2 Å². The number of benzene rings is 1. The number of aromatic nitrogens is 2. The van der Waals surface area contributed by atoms with Gasteiger partial charge in [-0.1, -0.05) is 35.3 Å². The van der Waals surface area contributed by atoms with Crippen molar-refractivity contribution in [3.05, 3.63) is 39.6 Å². The van der Waals surface area contributed by atoms with Crippen LogP contribution in [0.4, 0.5) is 5.82 Å². The van der Waals surface area contributed by atoms with Gasteiger partial charge in [-0.3, -0.25) is 0 Å². The molecule has 2 aromatic rings. The lowest BCUT2D eigenvalue weighted by atomic mass is 9.80. The molecule has 0 amide bonds. The average molecular weight is 421 g/mol. The van der Waals surface area contributed by atoms with Crippen LogP contribution in [0.5, 0.6) is 0 Å². The number of aliphatic hydroxyl groups excluding tert-OH is 1. The summed E-state index contributed by atoms with van der Waals surface area (Å²) >= 11 is 12.6. The van der Waals surface area contributed by atoms with E-state index in [1.165, 1.54) is 12.8 Å². The highest BCUT2D eigenvalue weighted by Crippen LogP contribution is 2.44. The lowest BCUT2D eigenvalue weighted by Crippen LogP contribution is -2.48. The summed E-state index contributed by atoms with van der Waals surface area (Å²) in [5.74, 6) is 2.51. The molecule has 2 fully saturated rings. The molecule has 1 saturated heterocycles. The highest BCUT2D eigenvalue weighted by Gasteiger charge is 2.44. The molecule has 3 N–H and O–H groups in total. The van der Waals surface area contributed by atoms with E-state index >= 15 is 0 Å². The number of nitrogens with zero attached hydrogens (tertiary/aromatic N) is 3. The minimum atomic E-state index is -0.170. The number of hydrogen-bond donors (Lipinski definition) is 2. The van der Waals surface area contributed by atoms with Crippen molar-refractivity contribution in [1.29, 1.82) is 0 Å². The van der Waals surface area contributed by atoms with Crippen molar-refractivity contribution in [2.24, 2.45) is 23.5 Å². The molecular weight excluding hydrogens is 395 g/mol. The fourth-order valence-electron chi connectivity index (χ4n) is 5.14. The van der Waals surface area contributed by atoms with E-state index < -0.39 is 0 Å². The lowest BCUT2D eigenvalue weighted by molar-refractivity contribution is 0.233. The second kappa shape index (κ2) is 7.79. The van der Waals surface area contributed by atoms with E-state index in [0.29, 0.717) is 39.2 Å². The molecule has 2 bridgehead atoms. The third kappa shape index (κ3) is 3.39. The van der Waals surface area contributed by atoms with Gasteiger partial charge >= 0.3 is 0 Å². The first-order chi connectivity index (χ1) is 13.4. The number of aryl methyl sites for hydroxylation is 1. The fourth-order valence-corrected chi connectivity index (χ4v) is 5.53. The van der Waals surface area contributed by atoms with Crippen LogP contribution < -0.4 is 10.6 Å². The monoisotopic (exact) mass is 420 g/mol. The quantitative estimate of drug-likeness (QED) is 0.779. The summed E-state index contributed by atoms with van der Waals surface area (Å²) in [7, 11) is 0. The summed E-state index contributed by atoms with van der Waals surface area (Å²) in [6.07, 6.45) is 2.43. The molecule has 0 radical (unpaired) electrons. The van der Waals surface area contributed by atoms with Crippen molar-refractivity contribution in [1.82, 2.24) is 9.97 Å². The molecule has 5 nitrogen and oxygen atoms in total. The zero-order valence-electron chi connectivity index (χ0n) is 16.2. The van der Waals surface area contributed by atoms with Crippen LogP contribution in [0.2, 0.25) is 10.0 Å². The maximum absolute atomic E-state index is 10.0. The van der Waals surface area contributed by atoms with Gasteiger partial charge in [-0.25, -0.2) is 9.97 Å². The summed E-state index contributed by atoms with van der Waals surface area (Å²) in [5, 5.41) is 10.9. The number of rotatable bonds is 4. The Hall–Kier alpha value is -1.40. The molecule has 3 atom stereocenters. The Labute approximate surface area is 175 Å². The summed E-state index contributed by atoms with van der Waals surface area (Å²) in [6.45, 7) is 5.71. The average Bonchev–Trinajstić information content (AvgIpc) is 2.94. The Morgan fingerprint density at radius 2 is 1.89 bits per heavy atom. The van der Waals surface area contributed by atoms with Crippen LogP contribution in [0.3, 0.4) is 0 Å². The molecule has 7 heteroatoms. The third-order valence-corrected chi connectivity index (χ3v) is 7.11. The van der Waals surface area contributed by atoms with Crippen molar-refractivity contribution in [2.45, 2.75) is 39.3 Å². The van der Waals surface area contributed by atoms with Gasteiger partial charge in [0.2, 0.25) is 0 Å². The Morgan fingerprint density at radius 1 is 1.21 bits per heavy atom. The number of anilines is 1. The fraction of sp³-hybridized carbons (Fsp3) is 0.524. The molecule has 150 valence electrons. The van der Waals surface area contributed by atoms with Crippen LogP contribution >= 0.6 is 23.2 Å². The van der Waals surface area contributed by atoms with Crippen LogP contribution in [-0.2, 0) is 6.61 Å². The number of aliphatic hydroxyl groups is 1.